The first-order valence-electron chi connectivity index (χ1n) is 6.94. The number of nitrogens with one attached hydrogen (secondary N) is 1. The van der Waals surface area contributed by atoms with Crippen LogP contribution in [-0.4, -0.2) is 9.97 Å². The molecular formula is C18H18N2. The minimum Gasteiger partial charge on any atom is -0.348 e. The number of benzene rings is 2. The van der Waals surface area contributed by atoms with E-state index in [4.69, 9.17) is 0 Å². The Bertz CT molecular complexity index is 590. The summed E-state index contributed by atoms with van der Waals surface area (Å²) in [6, 6.07) is 21.3. The second kappa shape index (κ2) is 5.74. The van der Waals surface area contributed by atoms with Crippen LogP contribution in [0.25, 0.3) is 0 Å². The Morgan fingerprint density at radius 3 is 1.85 bits per heavy atom. The van der Waals surface area contributed by atoms with Gasteiger partial charge in [0, 0.05) is 23.7 Å². The molecule has 0 saturated carbocycles. The van der Waals surface area contributed by atoms with Crippen LogP contribution in [-0.2, 0) is 0 Å². The first-order chi connectivity index (χ1) is 9.86. The third kappa shape index (κ3) is 2.50. The van der Waals surface area contributed by atoms with E-state index < -0.39 is 0 Å². The van der Waals surface area contributed by atoms with E-state index in [1.165, 1.54) is 16.8 Å². The van der Waals surface area contributed by atoms with E-state index in [1.807, 2.05) is 6.20 Å². The average molecular weight is 262 g/mol. The fourth-order valence-electron chi connectivity index (χ4n) is 2.79. The molecule has 100 valence electrons. The lowest BCUT2D eigenvalue weighted by Crippen LogP contribution is -2.10. The summed E-state index contributed by atoms with van der Waals surface area (Å²) >= 11 is 0. The number of H-pyrrole nitrogens is 1. The first-order valence-corrected chi connectivity index (χ1v) is 6.94. The zero-order valence-corrected chi connectivity index (χ0v) is 11.5. The molecular weight excluding hydrogens is 244 g/mol. The molecule has 0 amide bonds. The SMILES string of the molecule is CC(c1cnc[nH]1)C(c1ccccc1)c1ccccc1. The van der Waals surface area contributed by atoms with Crippen LogP contribution in [0.15, 0.2) is 73.2 Å². The highest BCUT2D eigenvalue weighted by atomic mass is 14.9. The van der Waals surface area contributed by atoms with Crippen molar-refractivity contribution in [3.63, 3.8) is 0 Å². The quantitative estimate of drug-likeness (QED) is 0.744. The Morgan fingerprint density at radius 1 is 0.850 bits per heavy atom. The second-order valence-corrected chi connectivity index (χ2v) is 5.09. The van der Waals surface area contributed by atoms with Gasteiger partial charge in [0.15, 0.2) is 0 Å². The van der Waals surface area contributed by atoms with Crippen LogP contribution in [0.2, 0.25) is 0 Å². The molecule has 0 radical (unpaired) electrons. The standard InChI is InChI=1S/C18H18N2/c1-14(17-12-19-13-20-17)18(15-8-4-2-5-9-15)16-10-6-3-7-11-16/h2-14,18H,1H3,(H,19,20). The molecule has 1 atom stereocenters. The van der Waals surface area contributed by atoms with Gasteiger partial charge in [-0.3, -0.25) is 0 Å². The van der Waals surface area contributed by atoms with Gasteiger partial charge in [0.2, 0.25) is 0 Å². The molecule has 3 rings (SSSR count). The minimum atomic E-state index is 0.331. The molecule has 2 nitrogen and oxygen atoms in total. The number of imidazole rings is 1. The Kier molecular flexibility index (Phi) is 3.64. The average Bonchev–Trinajstić information content (AvgIpc) is 3.04. The van der Waals surface area contributed by atoms with Crippen molar-refractivity contribution >= 4 is 0 Å². The monoisotopic (exact) mass is 262 g/mol. The number of nitrogens with zero attached hydrogens (tertiary/aromatic N) is 1. The number of rotatable bonds is 4. The molecule has 0 saturated heterocycles. The van der Waals surface area contributed by atoms with Crippen molar-refractivity contribution in [2.75, 3.05) is 0 Å². The molecule has 0 aliphatic heterocycles. The number of aromatic amines is 1. The van der Waals surface area contributed by atoms with Crippen molar-refractivity contribution in [3.05, 3.63) is 90.0 Å². The van der Waals surface area contributed by atoms with Gasteiger partial charge in [0.1, 0.15) is 0 Å². The van der Waals surface area contributed by atoms with Gasteiger partial charge in [-0.2, -0.15) is 0 Å². The second-order valence-electron chi connectivity index (χ2n) is 5.09. The summed E-state index contributed by atoms with van der Waals surface area (Å²) in [5.41, 5.74) is 3.84. The van der Waals surface area contributed by atoms with Crippen molar-refractivity contribution in [2.45, 2.75) is 18.8 Å². The van der Waals surface area contributed by atoms with Crippen LogP contribution in [0.3, 0.4) is 0 Å². The fraction of sp³-hybridized carbons (Fsp3) is 0.167. The summed E-state index contributed by atoms with van der Waals surface area (Å²) in [6.07, 6.45) is 3.67. The molecule has 20 heavy (non-hydrogen) atoms. The van der Waals surface area contributed by atoms with E-state index in [2.05, 4.69) is 77.6 Å². The fourth-order valence-corrected chi connectivity index (χ4v) is 2.79. The maximum atomic E-state index is 4.16. The molecule has 0 aliphatic rings. The molecule has 2 heteroatoms. The van der Waals surface area contributed by atoms with Crippen LogP contribution >= 0.6 is 0 Å². The van der Waals surface area contributed by atoms with Gasteiger partial charge in [0.05, 0.1) is 6.33 Å². The predicted octanol–water partition coefficient (Wildman–Crippen LogP) is 4.35. The summed E-state index contributed by atoms with van der Waals surface area (Å²) in [7, 11) is 0. The zero-order valence-electron chi connectivity index (χ0n) is 11.5. The molecule has 0 bridgehead atoms. The number of hydrogen-bond donors (Lipinski definition) is 1. The smallest absolute Gasteiger partial charge is 0.0921 e. The van der Waals surface area contributed by atoms with Gasteiger partial charge in [0.25, 0.3) is 0 Å². The molecule has 3 aromatic rings. The third-order valence-corrected chi connectivity index (χ3v) is 3.83. The molecule has 0 aliphatic carbocycles. The number of aromatic nitrogens is 2. The molecule has 1 unspecified atom stereocenters. The van der Waals surface area contributed by atoms with E-state index in [0.29, 0.717) is 11.8 Å². The number of hydrogen-bond acceptors (Lipinski definition) is 1. The third-order valence-electron chi connectivity index (χ3n) is 3.83. The Labute approximate surface area is 119 Å². The van der Waals surface area contributed by atoms with Crippen molar-refractivity contribution in [3.8, 4) is 0 Å². The van der Waals surface area contributed by atoms with Crippen LogP contribution in [0.5, 0.6) is 0 Å². The van der Waals surface area contributed by atoms with Crippen molar-refractivity contribution in [1.29, 1.82) is 0 Å². The lowest BCUT2D eigenvalue weighted by Gasteiger charge is -2.24. The Hall–Kier alpha value is -2.35. The van der Waals surface area contributed by atoms with E-state index >= 15 is 0 Å². The summed E-state index contributed by atoms with van der Waals surface area (Å²) in [5, 5.41) is 0. The maximum Gasteiger partial charge on any atom is 0.0921 e. The lowest BCUT2D eigenvalue weighted by molar-refractivity contribution is 0.642. The highest BCUT2D eigenvalue weighted by Gasteiger charge is 2.23. The highest BCUT2D eigenvalue weighted by Crippen LogP contribution is 2.37. The van der Waals surface area contributed by atoms with Crippen LogP contribution in [0.4, 0.5) is 0 Å². The molecule has 0 spiro atoms. The van der Waals surface area contributed by atoms with E-state index in [1.54, 1.807) is 6.33 Å². The van der Waals surface area contributed by atoms with E-state index in [0.717, 1.165) is 0 Å². The predicted molar refractivity (Wildman–Crippen MR) is 81.7 cm³/mol. The van der Waals surface area contributed by atoms with Crippen molar-refractivity contribution in [2.24, 2.45) is 0 Å². The van der Waals surface area contributed by atoms with E-state index in [9.17, 15) is 0 Å². The van der Waals surface area contributed by atoms with Gasteiger partial charge in [-0.1, -0.05) is 67.6 Å². The summed E-state index contributed by atoms with van der Waals surface area (Å²) in [4.78, 5) is 7.40. The van der Waals surface area contributed by atoms with Gasteiger partial charge < -0.3 is 4.98 Å². The molecule has 1 aromatic heterocycles. The Morgan fingerprint density at radius 2 is 1.40 bits per heavy atom. The lowest BCUT2D eigenvalue weighted by atomic mass is 9.80. The summed E-state index contributed by atoms with van der Waals surface area (Å²) in [5.74, 6) is 0.681. The summed E-state index contributed by atoms with van der Waals surface area (Å²) in [6.45, 7) is 2.25. The van der Waals surface area contributed by atoms with Gasteiger partial charge in [-0.25, -0.2) is 4.98 Å². The first kappa shape index (κ1) is 12.7. The van der Waals surface area contributed by atoms with Crippen molar-refractivity contribution in [1.82, 2.24) is 9.97 Å². The largest absolute Gasteiger partial charge is 0.348 e. The van der Waals surface area contributed by atoms with E-state index in [-0.39, 0.29) is 0 Å². The van der Waals surface area contributed by atoms with Gasteiger partial charge in [-0.15, -0.1) is 0 Å². The van der Waals surface area contributed by atoms with Crippen LogP contribution < -0.4 is 0 Å². The molecule has 0 fully saturated rings. The maximum absolute atomic E-state index is 4.16. The summed E-state index contributed by atoms with van der Waals surface area (Å²) < 4.78 is 0. The zero-order chi connectivity index (χ0) is 13.8. The Balaban J connectivity index is 2.05. The topological polar surface area (TPSA) is 28.7 Å². The molecule has 1 N–H and O–H groups in total. The van der Waals surface area contributed by atoms with Crippen LogP contribution in [0, 0.1) is 0 Å². The highest BCUT2D eigenvalue weighted by molar-refractivity contribution is 5.36. The normalized spacial score (nSPS) is 12.5. The minimum absolute atomic E-state index is 0.331. The molecule has 2 aromatic carbocycles. The van der Waals surface area contributed by atoms with Gasteiger partial charge in [-0.05, 0) is 11.1 Å². The van der Waals surface area contributed by atoms with Crippen LogP contribution in [0.1, 0.15) is 35.6 Å². The van der Waals surface area contributed by atoms with Gasteiger partial charge >= 0.3 is 0 Å². The molecule has 1 heterocycles. The van der Waals surface area contributed by atoms with Crippen molar-refractivity contribution < 1.29 is 0 Å².